The molecule has 1 heterocycles. The van der Waals surface area contributed by atoms with E-state index >= 15 is 0 Å². The van der Waals surface area contributed by atoms with E-state index in [4.69, 9.17) is 5.84 Å². The highest BCUT2D eigenvalue weighted by Gasteiger charge is 2.13. The Labute approximate surface area is 112 Å². The summed E-state index contributed by atoms with van der Waals surface area (Å²) in [5.74, 6) is 5.69. The van der Waals surface area contributed by atoms with Crippen molar-refractivity contribution in [2.24, 2.45) is 5.84 Å². The highest BCUT2D eigenvalue weighted by atomic mass is 15.2. The molecule has 0 aliphatic rings. The molecule has 94 valence electrons. The number of nitrogens with one attached hydrogen (secondary N) is 1. The Hall–Kier alpha value is -2.23. The van der Waals surface area contributed by atoms with Crippen molar-refractivity contribution in [3.8, 4) is 0 Å². The van der Waals surface area contributed by atoms with Gasteiger partial charge in [-0.1, -0.05) is 42.5 Å². The zero-order valence-electron chi connectivity index (χ0n) is 10.5. The van der Waals surface area contributed by atoms with Crippen LogP contribution in [0.25, 0.3) is 10.8 Å². The third-order valence-electron chi connectivity index (χ3n) is 3.26. The molecule has 1 atom stereocenters. The summed E-state index contributed by atoms with van der Waals surface area (Å²) < 4.78 is 0. The Morgan fingerprint density at radius 1 is 0.895 bits per heavy atom. The van der Waals surface area contributed by atoms with Gasteiger partial charge >= 0.3 is 0 Å². The van der Waals surface area contributed by atoms with E-state index in [2.05, 4.69) is 40.7 Å². The summed E-state index contributed by atoms with van der Waals surface area (Å²) in [6, 6.07) is 20.4. The predicted octanol–water partition coefficient (Wildman–Crippen LogP) is 2.79. The van der Waals surface area contributed by atoms with E-state index in [1.54, 1.807) is 6.20 Å². The van der Waals surface area contributed by atoms with Crippen LogP contribution in [0.15, 0.2) is 66.9 Å². The molecule has 0 bridgehead atoms. The standard InChI is InChI=1S/C16H15N3/c17-19-16(15-7-3-4-10-18-15)14-9-8-12-5-1-2-6-13(12)11-14/h1-11,16,19H,17H2. The molecule has 3 heteroatoms. The van der Waals surface area contributed by atoms with Crippen LogP contribution in [0.1, 0.15) is 17.3 Å². The average molecular weight is 249 g/mol. The number of hydrazine groups is 1. The predicted molar refractivity (Wildman–Crippen MR) is 77.4 cm³/mol. The van der Waals surface area contributed by atoms with Gasteiger partial charge in [-0.15, -0.1) is 0 Å². The van der Waals surface area contributed by atoms with E-state index < -0.39 is 0 Å². The largest absolute Gasteiger partial charge is 0.271 e. The third kappa shape index (κ3) is 2.34. The minimum Gasteiger partial charge on any atom is -0.271 e. The second-order valence-corrected chi connectivity index (χ2v) is 4.46. The van der Waals surface area contributed by atoms with Gasteiger partial charge < -0.3 is 0 Å². The molecule has 0 saturated carbocycles. The molecule has 2 aromatic carbocycles. The van der Waals surface area contributed by atoms with Crippen molar-refractivity contribution in [1.29, 1.82) is 0 Å². The summed E-state index contributed by atoms with van der Waals surface area (Å²) >= 11 is 0. The second-order valence-electron chi connectivity index (χ2n) is 4.46. The van der Waals surface area contributed by atoms with Gasteiger partial charge in [0.05, 0.1) is 11.7 Å². The number of pyridine rings is 1. The number of nitrogens with zero attached hydrogens (tertiary/aromatic N) is 1. The number of aromatic nitrogens is 1. The minimum atomic E-state index is -0.0918. The number of nitrogens with two attached hydrogens (primary N) is 1. The molecule has 0 aliphatic carbocycles. The monoisotopic (exact) mass is 249 g/mol. The molecule has 3 rings (SSSR count). The van der Waals surface area contributed by atoms with Crippen molar-refractivity contribution in [3.05, 3.63) is 78.1 Å². The highest BCUT2D eigenvalue weighted by molar-refractivity contribution is 5.83. The lowest BCUT2D eigenvalue weighted by Gasteiger charge is -2.16. The van der Waals surface area contributed by atoms with Gasteiger partial charge in [-0.2, -0.15) is 0 Å². The van der Waals surface area contributed by atoms with E-state index in [9.17, 15) is 0 Å². The van der Waals surface area contributed by atoms with Gasteiger partial charge in [0.2, 0.25) is 0 Å². The molecule has 0 saturated heterocycles. The maximum atomic E-state index is 5.69. The number of benzene rings is 2. The molecule has 3 nitrogen and oxygen atoms in total. The van der Waals surface area contributed by atoms with Gasteiger partial charge in [0.25, 0.3) is 0 Å². The molecular formula is C16H15N3. The first-order valence-electron chi connectivity index (χ1n) is 6.24. The van der Waals surface area contributed by atoms with E-state index in [1.807, 2.05) is 30.3 Å². The quantitative estimate of drug-likeness (QED) is 0.554. The Bertz CT molecular complexity index is 680. The molecule has 0 radical (unpaired) electrons. The van der Waals surface area contributed by atoms with Crippen molar-refractivity contribution in [2.75, 3.05) is 0 Å². The van der Waals surface area contributed by atoms with E-state index in [-0.39, 0.29) is 6.04 Å². The number of hydrogen-bond acceptors (Lipinski definition) is 3. The summed E-state index contributed by atoms with van der Waals surface area (Å²) in [4.78, 5) is 4.36. The minimum absolute atomic E-state index is 0.0918. The van der Waals surface area contributed by atoms with Crippen LogP contribution in [0.4, 0.5) is 0 Å². The molecule has 19 heavy (non-hydrogen) atoms. The first-order valence-corrected chi connectivity index (χ1v) is 6.24. The fourth-order valence-electron chi connectivity index (χ4n) is 2.29. The first kappa shape index (κ1) is 11.8. The zero-order valence-corrected chi connectivity index (χ0v) is 10.5. The summed E-state index contributed by atoms with van der Waals surface area (Å²) in [5.41, 5.74) is 4.86. The lowest BCUT2D eigenvalue weighted by molar-refractivity contribution is 0.621. The molecule has 0 amide bonds. The fraction of sp³-hybridized carbons (Fsp3) is 0.0625. The molecule has 0 aliphatic heterocycles. The fourth-order valence-corrected chi connectivity index (χ4v) is 2.29. The van der Waals surface area contributed by atoms with Crippen LogP contribution in [-0.2, 0) is 0 Å². The molecular weight excluding hydrogens is 234 g/mol. The lowest BCUT2D eigenvalue weighted by atomic mass is 10.00. The second kappa shape index (κ2) is 5.18. The number of hydrogen-bond donors (Lipinski definition) is 2. The van der Waals surface area contributed by atoms with Gasteiger partial charge in [-0.25, -0.2) is 5.43 Å². The zero-order chi connectivity index (χ0) is 13.1. The maximum Gasteiger partial charge on any atom is 0.0881 e. The maximum absolute atomic E-state index is 5.69. The van der Waals surface area contributed by atoms with Crippen LogP contribution in [0.3, 0.4) is 0 Å². The topological polar surface area (TPSA) is 50.9 Å². The summed E-state index contributed by atoms with van der Waals surface area (Å²) in [6.45, 7) is 0. The average Bonchev–Trinajstić information content (AvgIpc) is 2.49. The van der Waals surface area contributed by atoms with E-state index in [0.717, 1.165) is 11.3 Å². The summed E-state index contributed by atoms with van der Waals surface area (Å²) in [6.07, 6.45) is 1.78. The van der Waals surface area contributed by atoms with Crippen molar-refractivity contribution >= 4 is 10.8 Å². The lowest BCUT2D eigenvalue weighted by Crippen LogP contribution is -2.29. The molecule has 0 fully saturated rings. The van der Waals surface area contributed by atoms with Gasteiger partial charge in [-0.3, -0.25) is 10.8 Å². The summed E-state index contributed by atoms with van der Waals surface area (Å²) in [5, 5.41) is 2.43. The Balaban J connectivity index is 2.06. The molecule has 3 N–H and O–H groups in total. The van der Waals surface area contributed by atoms with Gasteiger partial charge in [0.15, 0.2) is 0 Å². The van der Waals surface area contributed by atoms with Crippen molar-refractivity contribution in [2.45, 2.75) is 6.04 Å². The molecule has 0 spiro atoms. The van der Waals surface area contributed by atoms with Crippen LogP contribution in [0.2, 0.25) is 0 Å². The van der Waals surface area contributed by atoms with Crippen LogP contribution in [0, 0.1) is 0 Å². The smallest absolute Gasteiger partial charge is 0.0881 e. The molecule has 1 aromatic heterocycles. The van der Waals surface area contributed by atoms with Crippen molar-refractivity contribution in [3.63, 3.8) is 0 Å². The van der Waals surface area contributed by atoms with Crippen LogP contribution >= 0.6 is 0 Å². The normalized spacial score (nSPS) is 12.5. The Morgan fingerprint density at radius 3 is 2.42 bits per heavy atom. The number of fused-ring (bicyclic) bond motifs is 1. The highest BCUT2D eigenvalue weighted by Crippen LogP contribution is 2.23. The van der Waals surface area contributed by atoms with Crippen LogP contribution in [-0.4, -0.2) is 4.98 Å². The van der Waals surface area contributed by atoms with Gasteiger partial charge in [0, 0.05) is 6.20 Å². The van der Waals surface area contributed by atoms with Crippen molar-refractivity contribution in [1.82, 2.24) is 10.4 Å². The molecule has 3 aromatic rings. The third-order valence-corrected chi connectivity index (χ3v) is 3.26. The molecule has 1 unspecified atom stereocenters. The first-order chi connectivity index (χ1) is 9.38. The SMILES string of the molecule is NNC(c1ccc2ccccc2c1)c1ccccn1. The summed E-state index contributed by atoms with van der Waals surface area (Å²) in [7, 11) is 0. The Morgan fingerprint density at radius 2 is 1.68 bits per heavy atom. The van der Waals surface area contributed by atoms with E-state index in [0.29, 0.717) is 0 Å². The van der Waals surface area contributed by atoms with Gasteiger partial charge in [-0.05, 0) is 34.5 Å². The number of rotatable bonds is 3. The van der Waals surface area contributed by atoms with Gasteiger partial charge in [0.1, 0.15) is 0 Å². The van der Waals surface area contributed by atoms with E-state index in [1.165, 1.54) is 10.8 Å². The van der Waals surface area contributed by atoms with Crippen molar-refractivity contribution < 1.29 is 0 Å². The van der Waals surface area contributed by atoms with Crippen LogP contribution < -0.4 is 11.3 Å². The van der Waals surface area contributed by atoms with Crippen LogP contribution in [0.5, 0.6) is 0 Å². The Kier molecular flexibility index (Phi) is 3.23.